The van der Waals surface area contributed by atoms with Crippen LogP contribution in [0.2, 0.25) is 0 Å². The highest BCUT2D eigenvalue weighted by atomic mass is 19.1. The Hall–Kier alpha value is -4.25. The first-order valence-electron chi connectivity index (χ1n) is 10.1. The molecule has 0 bridgehead atoms. The number of nitriles is 1. The first kappa shape index (κ1) is 23.4. The summed E-state index contributed by atoms with van der Waals surface area (Å²) in [6, 6.07) is 14.9. The predicted octanol–water partition coefficient (Wildman–Crippen LogP) is 3.64. The quantitative estimate of drug-likeness (QED) is 0.512. The third kappa shape index (κ3) is 5.52. The molecule has 0 aliphatic carbocycles. The molecular formula is C25H21F2N3O3. The van der Waals surface area contributed by atoms with Crippen LogP contribution in [0.3, 0.4) is 0 Å². The molecule has 0 spiro atoms. The zero-order valence-electron chi connectivity index (χ0n) is 17.8. The molecule has 0 aliphatic rings. The number of carbonyl (C=O) groups excluding carboxylic acids is 2. The Balaban J connectivity index is 1.77. The molecule has 0 aliphatic heterocycles. The van der Waals surface area contributed by atoms with Gasteiger partial charge in [-0.05, 0) is 60.0 Å². The third-order valence-electron chi connectivity index (χ3n) is 5.12. The van der Waals surface area contributed by atoms with Crippen molar-refractivity contribution in [3.05, 3.63) is 99.6 Å². The molecule has 3 N–H and O–H groups in total. The number of nitrogens with zero attached hydrogens (tertiary/aromatic N) is 1. The predicted molar refractivity (Wildman–Crippen MR) is 118 cm³/mol. The van der Waals surface area contributed by atoms with Crippen molar-refractivity contribution in [2.45, 2.75) is 13.3 Å². The second-order valence-corrected chi connectivity index (χ2v) is 7.26. The monoisotopic (exact) mass is 449 g/mol. The summed E-state index contributed by atoms with van der Waals surface area (Å²) >= 11 is 0. The average Bonchev–Trinajstić information content (AvgIpc) is 2.80. The van der Waals surface area contributed by atoms with Crippen LogP contribution in [0.15, 0.2) is 54.6 Å². The van der Waals surface area contributed by atoms with E-state index >= 15 is 0 Å². The van der Waals surface area contributed by atoms with Gasteiger partial charge < -0.3 is 15.8 Å². The second kappa shape index (κ2) is 10.4. The number of benzene rings is 3. The minimum atomic E-state index is -0.680. The topological polar surface area (TPSA) is 105 Å². The molecule has 2 amide bonds. The van der Waals surface area contributed by atoms with Crippen molar-refractivity contribution in [2.24, 2.45) is 5.73 Å². The highest BCUT2D eigenvalue weighted by molar-refractivity contribution is 5.95. The highest BCUT2D eigenvalue weighted by Crippen LogP contribution is 2.27. The van der Waals surface area contributed by atoms with E-state index in [9.17, 15) is 23.6 Å². The first-order chi connectivity index (χ1) is 15.8. The Labute approximate surface area is 189 Å². The summed E-state index contributed by atoms with van der Waals surface area (Å²) in [5.41, 5.74) is 7.23. The Morgan fingerprint density at radius 2 is 1.82 bits per heavy atom. The van der Waals surface area contributed by atoms with Crippen LogP contribution in [0.4, 0.5) is 8.78 Å². The molecule has 0 saturated heterocycles. The molecule has 0 saturated carbocycles. The maximum atomic E-state index is 14.1. The minimum Gasteiger partial charge on any atom is -0.491 e. The normalized spacial score (nSPS) is 10.4. The van der Waals surface area contributed by atoms with Gasteiger partial charge in [0.25, 0.3) is 5.91 Å². The third-order valence-corrected chi connectivity index (χ3v) is 5.12. The molecule has 33 heavy (non-hydrogen) atoms. The lowest BCUT2D eigenvalue weighted by molar-refractivity contribution is 0.0942. The molecule has 0 radical (unpaired) electrons. The van der Waals surface area contributed by atoms with Crippen molar-refractivity contribution in [1.82, 2.24) is 5.32 Å². The Kier molecular flexibility index (Phi) is 7.36. The molecule has 168 valence electrons. The van der Waals surface area contributed by atoms with Crippen molar-refractivity contribution >= 4 is 11.8 Å². The maximum absolute atomic E-state index is 14.1. The van der Waals surface area contributed by atoms with Gasteiger partial charge in [0.1, 0.15) is 24.0 Å². The number of nitrogens with one attached hydrogen (secondary N) is 1. The van der Waals surface area contributed by atoms with Crippen LogP contribution >= 0.6 is 0 Å². The Bertz CT molecular complexity index is 1250. The van der Waals surface area contributed by atoms with Crippen LogP contribution in [0.25, 0.3) is 0 Å². The van der Waals surface area contributed by atoms with Gasteiger partial charge in [0.15, 0.2) is 0 Å². The van der Waals surface area contributed by atoms with E-state index in [1.54, 1.807) is 25.1 Å². The standard InChI is InChI=1S/C25H21F2N3O3/c1-15-20(18(24(29)31)8-9-21(15)26)13-17-7-6-16(14-28)12-23(17)33-11-10-30-25(32)19-4-2-3-5-22(19)27/h2-9,12H,10-11,13H2,1H3,(H2,29,31)(H,30,32). The van der Waals surface area contributed by atoms with Crippen LogP contribution in [-0.4, -0.2) is 25.0 Å². The molecule has 0 atom stereocenters. The zero-order chi connectivity index (χ0) is 24.0. The van der Waals surface area contributed by atoms with Gasteiger partial charge in [-0.3, -0.25) is 9.59 Å². The van der Waals surface area contributed by atoms with Crippen LogP contribution in [0.5, 0.6) is 5.75 Å². The van der Waals surface area contributed by atoms with Crippen molar-refractivity contribution < 1.29 is 23.1 Å². The lowest BCUT2D eigenvalue weighted by Gasteiger charge is -2.16. The molecule has 0 aromatic heterocycles. The Morgan fingerprint density at radius 3 is 2.52 bits per heavy atom. The minimum absolute atomic E-state index is 0.0346. The van der Waals surface area contributed by atoms with Crippen LogP contribution < -0.4 is 15.8 Å². The van der Waals surface area contributed by atoms with Gasteiger partial charge in [0.05, 0.1) is 23.7 Å². The van der Waals surface area contributed by atoms with E-state index in [0.29, 0.717) is 28.0 Å². The van der Waals surface area contributed by atoms with Crippen molar-refractivity contribution in [3.63, 3.8) is 0 Å². The van der Waals surface area contributed by atoms with E-state index in [2.05, 4.69) is 5.32 Å². The number of carbonyl (C=O) groups is 2. The number of amides is 2. The maximum Gasteiger partial charge on any atom is 0.254 e. The molecule has 0 fully saturated rings. The van der Waals surface area contributed by atoms with Crippen LogP contribution in [0, 0.1) is 29.9 Å². The van der Waals surface area contributed by atoms with Gasteiger partial charge in [-0.2, -0.15) is 5.26 Å². The summed E-state index contributed by atoms with van der Waals surface area (Å²) in [6.45, 7) is 1.67. The van der Waals surface area contributed by atoms with Crippen molar-refractivity contribution in [2.75, 3.05) is 13.2 Å². The van der Waals surface area contributed by atoms with Gasteiger partial charge in [-0.15, -0.1) is 0 Å². The largest absolute Gasteiger partial charge is 0.491 e. The van der Waals surface area contributed by atoms with Gasteiger partial charge in [-0.25, -0.2) is 8.78 Å². The fourth-order valence-electron chi connectivity index (χ4n) is 3.35. The average molecular weight is 449 g/mol. The molecule has 3 rings (SSSR count). The lowest BCUT2D eigenvalue weighted by Crippen LogP contribution is -2.28. The number of hydrogen-bond donors (Lipinski definition) is 2. The van der Waals surface area contributed by atoms with Crippen LogP contribution in [-0.2, 0) is 6.42 Å². The fourth-order valence-corrected chi connectivity index (χ4v) is 3.35. The molecule has 0 heterocycles. The van der Waals surface area contributed by atoms with Crippen LogP contribution in [0.1, 0.15) is 43.0 Å². The van der Waals surface area contributed by atoms with E-state index in [4.69, 9.17) is 10.5 Å². The molecule has 8 heteroatoms. The van der Waals surface area contributed by atoms with Gasteiger partial charge in [0.2, 0.25) is 5.91 Å². The summed E-state index contributed by atoms with van der Waals surface area (Å²) in [4.78, 5) is 24.0. The van der Waals surface area contributed by atoms with E-state index in [-0.39, 0.29) is 30.7 Å². The first-order valence-corrected chi connectivity index (χ1v) is 10.1. The number of halogens is 2. The number of primary amides is 1. The smallest absolute Gasteiger partial charge is 0.254 e. The van der Waals surface area contributed by atoms with E-state index in [1.165, 1.54) is 36.4 Å². The van der Waals surface area contributed by atoms with E-state index < -0.39 is 23.4 Å². The SMILES string of the molecule is Cc1c(F)ccc(C(N)=O)c1Cc1ccc(C#N)cc1OCCNC(=O)c1ccccc1F. The van der Waals surface area contributed by atoms with Crippen molar-refractivity contribution in [3.8, 4) is 11.8 Å². The second-order valence-electron chi connectivity index (χ2n) is 7.26. The van der Waals surface area contributed by atoms with Crippen molar-refractivity contribution in [1.29, 1.82) is 5.26 Å². The molecule has 0 unspecified atom stereocenters. The number of hydrogen-bond acceptors (Lipinski definition) is 4. The molecule has 3 aromatic carbocycles. The molecule has 6 nitrogen and oxygen atoms in total. The number of ether oxygens (including phenoxy) is 1. The highest BCUT2D eigenvalue weighted by Gasteiger charge is 2.17. The Morgan fingerprint density at radius 1 is 1.06 bits per heavy atom. The summed E-state index contributed by atoms with van der Waals surface area (Å²) in [6.07, 6.45) is 0.143. The van der Waals surface area contributed by atoms with E-state index in [0.717, 1.165) is 0 Å². The van der Waals surface area contributed by atoms with Gasteiger partial charge in [-0.1, -0.05) is 18.2 Å². The summed E-state index contributed by atoms with van der Waals surface area (Å²) in [5, 5.41) is 11.8. The fraction of sp³-hybridized carbons (Fsp3) is 0.160. The van der Waals surface area contributed by atoms with Gasteiger partial charge in [0, 0.05) is 12.0 Å². The number of rotatable bonds is 8. The summed E-state index contributed by atoms with van der Waals surface area (Å²) < 4.78 is 33.6. The molecular weight excluding hydrogens is 428 g/mol. The number of nitrogens with two attached hydrogens (primary N) is 1. The summed E-state index contributed by atoms with van der Waals surface area (Å²) in [5.74, 6) is -2.02. The summed E-state index contributed by atoms with van der Waals surface area (Å²) in [7, 11) is 0. The van der Waals surface area contributed by atoms with E-state index in [1.807, 2.05) is 6.07 Å². The lowest BCUT2D eigenvalue weighted by atomic mass is 9.93. The molecule has 3 aromatic rings. The van der Waals surface area contributed by atoms with Gasteiger partial charge >= 0.3 is 0 Å². The zero-order valence-corrected chi connectivity index (χ0v) is 17.8.